The first-order valence-corrected chi connectivity index (χ1v) is 8.18. The molecule has 0 aromatic carbocycles. The Morgan fingerprint density at radius 1 is 1.48 bits per heavy atom. The number of nitrogens with one attached hydrogen (secondary N) is 1. The van der Waals surface area contributed by atoms with Crippen molar-refractivity contribution in [2.24, 2.45) is 0 Å². The zero-order chi connectivity index (χ0) is 14.5. The first-order chi connectivity index (χ1) is 10.3. The second-order valence-corrected chi connectivity index (χ2v) is 6.38. The van der Waals surface area contributed by atoms with Crippen LogP contribution in [0.5, 0.6) is 0 Å². The van der Waals surface area contributed by atoms with E-state index in [0.717, 1.165) is 39.1 Å². The van der Waals surface area contributed by atoms with Crippen LogP contribution in [0.25, 0.3) is 0 Å². The molecule has 1 saturated carbocycles. The average Bonchev–Trinajstić information content (AvgIpc) is 3.14. The van der Waals surface area contributed by atoms with Gasteiger partial charge in [-0.25, -0.2) is 0 Å². The molecule has 118 valence electrons. The van der Waals surface area contributed by atoms with E-state index in [1.165, 1.54) is 31.2 Å². The summed E-state index contributed by atoms with van der Waals surface area (Å²) < 4.78 is 13.3. The van der Waals surface area contributed by atoms with E-state index in [1.807, 2.05) is 6.20 Å². The first kappa shape index (κ1) is 15.0. The molecule has 1 saturated heterocycles. The SMILES string of the molecule is COCCNCc1cnn(C2CCOC3(CCCC3)C2)c1. The van der Waals surface area contributed by atoms with Crippen molar-refractivity contribution in [3.63, 3.8) is 0 Å². The summed E-state index contributed by atoms with van der Waals surface area (Å²) in [4.78, 5) is 0. The molecule has 5 nitrogen and oxygen atoms in total. The van der Waals surface area contributed by atoms with Crippen LogP contribution in [0.2, 0.25) is 0 Å². The zero-order valence-corrected chi connectivity index (χ0v) is 13.0. The summed E-state index contributed by atoms with van der Waals surface area (Å²) in [6, 6.07) is 0.504. The Balaban J connectivity index is 1.55. The van der Waals surface area contributed by atoms with E-state index in [-0.39, 0.29) is 5.60 Å². The standard InChI is InChI=1S/C16H27N3O2/c1-20-9-7-17-11-14-12-18-19(13-14)15-4-8-21-16(10-15)5-2-3-6-16/h12-13,15,17H,2-11H2,1H3. The average molecular weight is 293 g/mol. The molecule has 2 aliphatic rings. The van der Waals surface area contributed by atoms with E-state index in [2.05, 4.69) is 21.3 Å². The van der Waals surface area contributed by atoms with Crippen LogP contribution in [0, 0.1) is 0 Å². The van der Waals surface area contributed by atoms with Gasteiger partial charge in [-0.15, -0.1) is 0 Å². The Bertz CT molecular complexity index is 440. The van der Waals surface area contributed by atoms with Gasteiger partial charge >= 0.3 is 0 Å². The van der Waals surface area contributed by atoms with E-state index < -0.39 is 0 Å². The van der Waals surface area contributed by atoms with Gasteiger partial charge in [0.15, 0.2) is 0 Å². The van der Waals surface area contributed by atoms with Crippen LogP contribution in [0.1, 0.15) is 50.1 Å². The Labute approximate surface area is 127 Å². The van der Waals surface area contributed by atoms with Crippen LogP contribution in [0.3, 0.4) is 0 Å². The van der Waals surface area contributed by atoms with Gasteiger partial charge in [0.2, 0.25) is 0 Å². The number of nitrogens with zero attached hydrogens (tertiary/aromatic N) is 2. The van der Waals surface area contributed by atoms with Crippen molar-refractivity contribution < 1.29 is 9.47 Å². The quantitative estimate of drug-likeness (QED) is 0.818. The van der Waals surface area contributed by atoms with Gasteiger partial charge in [0, 0.05) is 38.6 Å². The van der Waals surface area contributed by atoms with Crippen LogP contribution in [0.15, 0.2) is 12.4 Å². The minimum Gasteiger partial charge on any atom is -0.383 e. The maximum absolute atomic E-state index is 6.11. The predicted octanol–water partition coefficient (Wildman–Crippen LogP) is 2.28. The van der Waals surface area contributed by atoms with Crippen molar-refractivity contribution in [2.75, 3.05) is 26.9 Å². The van der Waals surface area contributed by atoms with Gasteiger partial charge < -0.3 is 14.8 Å². The van der Waals surface area contributed by atoms with Crippen molar-refractivity contribution in [3.05, 3.63) is 18.0 Å². The molecule has 5 heteroatoms. The lowest BCUT2D eigenvalue weighted by Crippen LogP contribution is -2.38. The lowest BCUT2D eigenvalue weighted by Gasteiger charge is -2.38. The maximum atomic E-state index is 6.11. The third-order valence-electron chi connectivity index (χ3n) is 4.82. The van der Waals surface area contributed by atoms with Crippen molar-refractivity contribution >= 4 is 0 Å². The van der Waals surface area contributed by atoms with Crippen molar-refractivity contribution in [1.29, 1.82) is 0 Å². The highest BCUT2D eigenvalue weighted by Gasteiger charge is 2.40. The summed E-state index contributed by atoms with van der Waals surface area (Å²) in [6.45, 7) is 3.36. The molecule has 0 bridgehead atoms. The van der Waals surface area contributed by atoms with Crippen molar-refractivity contribution in [3.8, 4) is 0 Å². The lowest BCUT2D eigenvalue weighted by atomic mass is 9.89. The number of hydrogen-bond donors (Lipinski definition) is 1. The summed E-state index contributed by atoms with van der Waals surface area (Å²) in [5, 5.41) is 7.95. The molecule has 3 rings (SSSR count). The fraction of sp³-hybridized carbons (Fsp3) is 0.812. The third-order valence-corrected chi connectivity index (χ3v) is 4.82. The highest BCUT2D eigenvalue weighted by molar-refractivity contribution is 5.05. The molecule has 1 unspecified atom stereocenters. The van der Waals surface area contributed by atoms with Crippen molar-refractivity contribution in [1.82, 2.24) is 15.1 Å². The molecule has 1 aromatic rings. The first-order valence-electron chi connectivity index (χ1n) is 8.18. The zero-order valence-electron chi connectivity index (χ0n) is 13.0. The highest BCUT2D eigenvalue weighted by atomic mass is 16.5. The van der Waals surface area contributed by atoms with Crippen LogP contribution >= 0.6 is 0 Å². The minimum absolute atomic E-state index is 0.158. The topological polar surface area (TPSA) is 48.3 Å². The molecule has 21 heavy (non-hydrogen) atoms. The number of rotatable bonds is 6. The Morgan fingerprint density at radius 2 is 2.33 bits per heavy atom. The Hall–Kier alpha value is -0.910. The van der Waals surface area contributed by atoms with Gasteiger partial charge in [0.05, 0.1) is 24.4 Å². The fourth-order valence-electron chi connectivity index (χ4n) is 3.67. The van der Waals surface area contributed by atoms with Crippen LogP contribution in [-0.2, 0) is 16.0 Å². The third kappa shape index (κ3) is 3.65. The molecule has 0 radical (unpaired) electrons. The molecule has 1 aromatic heterocycles. The van der Waals surface area contributed by atoms with Gasteiger partial charge in [-0.3, -0.25) is 4.68 Å². The monoisotopic (exact) mass is 293 g/mol. The minimum atomic E-state index is 0.158. The Morgan fingerprint density at radius 3 is 3.14 bits per heavy atom. The molecule has 1 N–H and O–H groups in total. The summed E-state index contributed by atoms with van der Waals surface area (Å²) in [6.07, 6.45) is 11.5. The van der Waals surface area contributed by atoms with Gasteiger partial charge in [0.25, 0.3) is 0 Å². The van der Waals surface area contributed by atoms with Crippen LogP contribution in [-0.4, -0.2) is 42.2 Å². The summed E-state index contributed by atoms with van der Waals surface area (Å²) in [5.41, 5.74) is 1.41. The number of methoxy groups -OCH3 is 1. The molecule has 1 spiro atoms. The molecule has 0 amide bonds. The van der Waals surface area contributed by atoms with Crippen molar-refractivity contribution in [2.45, 2.75) is 56.7 Å². The van der Waals surface area contributed by atoms with Crippen LogP contribution < -0.4 is 5.32 Å². The molecule has 1 atom stereocenters. The van der Waals surface area contributed by atoms with Gasteiger partial charge in [0.1, 0.15) is 0 Å². The lowest BCUT2D eigenvalue weighted by molar-refractivity contribution is -0.0910. The van der Waals surface area contributed by atoms with Crippen LogP contribution in [0.4, 0.5) is 0 Å². The number of ether oxygens (including phenoxy) is 2. The maximum Gasteiger partial charge on any atom is 0.0703 e. The molecular formula is C16H27N3O2. The van der Waals surface area contributed by atoms with E-state index in [0.29, 0.717) is 6.04 Å². The summed E-state index contributed by atoms with van der Waals surface area (Å²) in [7, 11) is 1.73. The molecule has 1 aliphatic carbocycles. The molecule has 2 fully saturated rings. The smallest absolute Gasteiger partial charge is 0.0703 e. The van der Waals surface area contributed by atoms with Gasteiger partial charge in [-0.2, -0.15) is 5.10 Å². The number of aromatic nitrogens is 2. The molecular weight excluding hydrogens is 266 g/mol. The molecule has 1 aliphatic heterocycles. The predicted molar refractivity (Wildman–Crippen MR) is 81.2 cm³/mol. The highest BCUT2D eigenvalue weighted by Crippen LogP contribution is 2.43. The van der Waals surface area contributed by atoms with E-state index in [1.54, 1.807) is 7.11 Å². The van der Waals surface area contributed by atoms with Gasteiger partial charge in [-0.1, -0.05) is 12.8 Å². The van der Waals surface area contributed by atoms with E-state index >= 15 is 0 Å². The van der Waals surface area contributed by atoms with E-state index in [4.69, 9.17) is 9.47 Å². The fourth-order valence-corrected chi connectivity index (χ4v) is 3.67. The van der Waals surface area contributed by atoms with Gasteiger partial charge in [-0.05, 0) is 25.7 Å². The summed E-state index contributed by atoms with van der Waals surface area (Å²) in [5.74, 6) is 0. The second-order valence-electron chi connectivity index (χ2n) is 6.38. The number of hydrogen-bond acceptors (Lipinski definition) is 4. The Kier molecular flexibility index (Phi) is 4.93. The second kappa shape index (κ2) is 6.90. The summed E-state index contributed by atoms with van der Waals surface area (Å²) >= 11 is 0. The normalized spacial score (nSPS) is 24.7. The molecule has 2 heterocycles. The van der Waals surface area contributed by atoms with E-state index in [9.17, 15) is 0 Å². The largest absolute Gasteiger partial charge is 0.383 e.